The van der Waals surface area contributed by atoms with E-state index < -0.39 is 36.2 Å². The van der Waals surface area contributed by atoms with Crippen molar-refractivity contribution in [1.29, 1.82) is 0 Å². The number of alkyl halides is 5. The Morgan fingerprint density at radius 3 is 1.88 bits per heavy atom. The van der Waals surface area contributed by atoms with Gasteiger partial charge in [-0.2, -0.15) is 13.2 Å². The molecule has 0 bridgehead atoms. The van der Waals surface area contributed by atoms with Crippen LogP contribution < -0.4 is 5.46 Å². The molecule has 1 rings (SSSR count). The summed E-state index contributed by atoms with van der Waals surface area (Å²) in [6, 6.07) is 0.198. The van der Waals surface area contributed by atoms with Gasteiger partial charge in [0.15, 0.2) is 0 Å². The number of halogens is 8. The molecule has 0 nitrogen and oxygen atoms in total. The molecule has 0 atom stereocenters. The fourth-order valence-electron chi connectivity index (χ4n) is 1.24. The van der Waals surface area contributed by atoms with Crippen molar-refractivity contribution >= 4 is 12.4 Å². The highest BCUT2D eigenvalue weighted by Crippen LogP contribution is 2.32. The predicted molar refractivity (Wildman–Crippen MR) is 45.1 cm³/mol. The Bertz CT molecular complexity index is 405. The maximum absolute atomic E-state index is 12.3. The van der Waals surface area contributed by atoms with Gasteiger partial charge in [-0.3, -0.25) is 0 Å². The van der Waals surface area contributed by atoms with Gasteiger partial charge < -0.3 is 12.9 Å². The first-order valence-electron chi connectivity index (χ1n) is 4.22. The van der Waals surface area contributed by atoms with Crippen LogP contribution >= 0.6 is 0 Å². The van der Waals surface area contributed by atoms with Crippen molar-refractivity contribution < 1.29 is 34.9 Å². The molecule has 0 N–H and O–H groups in total. The van der Waals surface area contributed by atoms with Crippen LogP contribution in [0.4, 0.5) is 34.9 Å². The second-order valence-corrected chi connectivity index (χ2v) is 3.22. The molecule has 96 valence electrons. The summed E-state index contributed by atoms with van der Waals surface area (Å²) in [7, 11) is 0. The van der Waals surface area contributed by atoms with Gasteiger partial charge in [-0.25, -0.2) is 8.78 Å². The highest BCUT2D eigenvalue weighted by molar-refractivity contribution is 6.74. The van der Waals surface area contributed by atoms with E-state index in [-0.39, 0.29) is 12.1 Å². The van der Waals surface area contributed by atoms with Crippen LogP contribution in [0, 0.1) is 0 Å². The zero-order valence-corrected chi connectivity index (χ0v) is 7.91. The minimum Gasteiger partial charge on any atom is -0.445 e. The molecule has 0 heterocycles. The minimum absolute atomic E-state index is 0.0321. The van der Waals surface area contributed by atoms with Crippen LogP contribution in [0.2, 0.25) is 0 Å². The molecule has 17 heavy (non-hydrogen) atoms. The molecule has 1 aromatic rings. The molecule has 9 heteroatoms. The lowest BCUT2D eigenvalue weighted by Crippen LogP contribution is -2.39. The molecular weight excluding hydrogens is 259 g/mol. The topological polar surface area (TPSA) is 0 Å². The Kier molecular flexibility index (Phi) is 3.40. The molecule has 0 aromatic heterocycles. The first kappa shape index (κ1) is 13.8. The maximum atomic E-state index is 12.3. The van der Waals surface area contributed by atoms with E-state index in [1.54, 1.807) is 0 Å². The molecule has 0 aliphatic carbocycles. The van der Waals surface area contributed by atoms with Crippen LogP contribution in [-0.2, 0) is 6.18 Å². The molecule has 0 spiro atoms. The second-order valence-electron chi connectivity index (χ2n) is 3.22. The highest BCUT2D eigenvalue weighted by atomic mass is 19.4. The average Bonchev–Trinajstić information content (AvgIpc) is 2.14. The lowest BCUT2D eigenvalue weighted by Gasteiger charge is -2.22. The van der Waals surface area contributed by atoms with E-state index in [0.717, 1.165) is 0 Å². The first-order chi connectivity index (χ1) is 7.53. The second kappa shape index (κ2) is 4.19. The molecule has 0 aliphatic heterocycles. The summed E-state index contributed by atoms with van der Waals surface area (Å²) in [5.74, 6) is 0. The Hall–Kier alpha value is -1.28. The molecular formula is C8H4BF8-. The summed E-state index contributed by atoms with van der Waals surface area (Å²) in [5.41, 5.74) is -5.09. The summed E-state index contributed by atoms with van der Waals surface area (Å²) in [6.07, 6.45) is -8.58. The van der Waals surface area contributed by atoms with Crippen molar-refractivity contribution in [3.8, 4) is 0 Å². The summed E-state index contributed by atoms with van der Waals surface area (Å²) in [5, 5.41) is 0. The van der Waals surface area contributed by atoms with E-state index in [1.807, 2.05) is 0 Å². The number of hydrogen-bond donors (Lipinski definition) is 0. The molecule has 0 saturated carbocycles. The van der Waals surface area contributed by atoms with Crippen molar-refractivity contribution in [2.45, 2.75) is 12.6 Å². The molecule has 1 aromatic carbocycles. The predicted octanol–water partition coefficient (Wildman–Crippen LogP) is 3.70. The standard InChI is InChI=1S/C8H4BF8/c10-7(11)4-1-2-6(9(15,16)17)5(3-4)8(12,13)14/h1-3,7H/q-1. The van der Waals surface area contributed by atoms with Gasteiger partial charge in [0, 0.05) is 11.1 Å². The van der Waals surface area contributed by atoms with E-state index in [4.69, 9.17) is 0 Å². The zero-order chi connectivity index (χ0) is 13.4. The van der Waals surface area contributed by atoms with Gasteiger partial charge in [-0.1, -0.05) is 17.6 Å². The fraction of sp³-hybridized carbons (Fsp3) is 0.250. The fourth-order valence-corrected chi connectivity index (χ4v) is 1.24. The van der Waals surface area contributed by atoms with Gasteiger partial charge in [0.05, 0.1) is 0 Å². The lowest BCUT2D eigenvalue weighted by atomic mass is 9.76. The Balaban J connectivity index is 3.43. The monoisotopic (exact) mass is 263 g/mol. The number of benzene rings is 1. The Morgan fingerprint density at radius 2 is 1.53 bits per heavy atom. The highest BCUT2D eigenvalue weighted by Gasteiger charge is 2.39. The molecule has 0 fully saturated rings. The van der Waals surface area contributed by atoms with Crippen LogP contribution in [0.5, 0.6) is 0 Å². The SMILES string of the molecule is FC(F)c1ccc([B-](F)(F)F)c(C(F)(F)F)c1. The van der Waals surface area contributed by atoms with Gasteiger partial charge in [0.1, 0.15) is 0 Å². The van der Waals surface area contributed by atoms with Crippen LogP contribution in [0.25, 0.3) is 0 Å². The summed E-state index contributed by atoms with van der Waals surface area (Å²) < 4.78 is 98.0. The van der Waals surface area contributed by atoms with E-state index in [0.29, 0.717) is 6.07 Å². The van der Waals surface area contributed by atoms with Crippen molar-refractivity contribution in [3.63, 3.8) is 0 Å². The normalized spacial score (nSPS) is 13.2. The molecule has 0 amide bonds. The van der Waals surface area contributed by atoms with Crippen LogP contribution in [0.1, 0.15) is 17.6 Å². The summed E-state index contributed by atoms with van der Waals surface area (Å²) >= 11 is 0. The molecule has 0 aliphatic rings. The van der Waals surface area contributed by atoms with Crippen LogP contribution in [0.3, 0.4) is 0 Å². The lowest BCUT2D eigenvalue weighted by molar-refractivity contribution is -0.137. The largest absolute Gasteiger partial charge is 0.510 e. The molecule has 0 saturated heterocycles. The summed E-state index contributed by atoms with van der Waals surface area (Å²) in [4.78, 5) is 0. The van der Waals surface area contributed by atoms with Gasteiger partial charge in [0.25, 0.3) is 6.43 Å². The van der Waals surface area contributed by atoms with Crippen molar-refractivity contribution in [2.24, 2.45) is 0 Å². The quantitative estimate of drug-likeness (QED) is 0.563. The Morgan fingerprint density at radius 1 is 1.00 bits per heavy atom. The van der Waals surface area contributed by atoms with Gasteiger partial charge in [-0.15, -0.1) is 0 Å². The Labute approximate surface area is 90.3 Å². The third-order valence-corrected chi connectivity index (χ3v) is 1.99. The third-order valence-electron chi connectivity index (χ3n) is 1.99. The third kappa shape index (κ3) is 3.10. The van der Waals surface area contributed by atoms with E-state index in [9.17, 15) is 34.9 Å². The zero-order valence-electron chi connectivity index (χ0n) is 7.91. The van der Waals surface area contributed by atoms with Gasteiger partial charge in [-0.05, 0) is 6.07 Å². The van der Waals surface area contributed by atoms with Gasteiger partial charge >= 0.3 is 13.2 Å². The summed E-state index contributed by atoms with van der Waals surface area (Å²) in [6.45, 7) is -5.90. The van der Waals surface area contributed by atoms with Gasteiger partial charge in [0.2, 0.25) is 0 Å². The van der Waals surface area contributed by atoms with Crippen molar-refractivity contribution in [2.75, 3.05) is 0 Å². The average molecular weight is 263 g/mol. The van der Waals surface area contributed by atoms with Crippen molar-refractivity contribution in [3.05, 3.63) is 29.3 Å². The maximum Gasteiger partial charge on any atom is 0.510 e. The van der Waals surface area contributed by atoms with Crippen molar-refractivity contribution in [1.82, 2.24) is 0 Å². The minimum atomic E-state index is -5.90. The van der Waals surface area contributed by atoms with Crippen LogP contribution in [-0.4, -0.2) is 6.98 Å². The van der Waals surface area contributed by atoms with E-state index >= 15 is 0 Å². The number of hydrogen-bond acceptors (Lipinski definition) is 0. The molecule has 0 unspecified atom stereocenters. The number of rotatable bonds is 2. The smallest absolute Gasteiger partial charge is 0.445 e. The molecule has 0 radical (unpaired) electrons. The van der Waals surface area contributed by atoms with E-state index in [1.165, 1.54) is 0 Å². The first-order valence-corrected chi connectivity index (χ1v) is 4.22. The van der Waals surface area contributed by atoms with E-state index in [2.05, 4.69) is 0 Å². The van der Waals surface area contributed by atoms with Crippen LogP contribution in [0.15, 0.2) is 18.2 Å².